The molecule has 0 saturated heterocycles. The van der Waals surface area contributed by atoms with Gasteiger partial charge in [0.25, 0.3) is 0 Å². The molecule has 0 aromatic carbocycles. The van der Waals surface area contributed by atoms with Gasteiger partial charge in [0, 0.05) is 12.1 Å². The van der Waals surface area contributed by atoms with E-state index in [4.69, 9.17) is 9.52 Å². The molecule has 2 N–H and O–H groups in total. The fraction of sp³-hybridized carbons (Fsp3) is 0.286. The van der Waals surface area contributed by atoms with Gasteiger partial charge in [0.05, 0.1) is 6.26 Å². The Kier molecular flexibility index (Phi) is 2.28. The Morgan fingerprint density at radius 1 is 1.82 bits per heavy atom. The summed E-state index contributed by atoms with van der Waals surface area (Å²) in [5, 5.41) is 11.4. The Hall–Kier alpha value is -1.29. The largest absolute Gasteiger partial charge is 0.475 e. The standard InChI is InChI=1S/C7H9NO3/c1-8-4-5-2-3-11-6(5)7(9)10/h2-3,8H,4H2,1H3,(H,9,10). The Balaban J connectivity index is 2.87. The van der Waals surface area contributed by atoms with Crippen LogP contribution in [0.4, 0.5) is 0 Å². The molecule has 1 heterocycles. The summed E-state index contributed by atoms with van der Waals surface area (Å²) in [7, 11) is 1.75. The van der Waals surface area contributed by atoms with Crippen LogP contribution in [0.3, 0.4) is 0 Å². The summed E-state index contributed by atoms with van der Waals surface area (Å²) in [5.41, 5.74) is 0.667. The van der Waals surface area contributed by atoms with Crippen LogP contribution < -0.4 is 5.32 Å². The van der Waals surface area contributed by atoms with Crippen molar-refractivity contribution in [2.24, 2.45) is 0 Å². The van der Waals surface area contributed by atoms with E-state index in [2.05, 4.69) is 5.32 Å². The van der Waals surface area contributed by atoms with E-state index >= 15 is 0 Å². The van der Waals surface area contributed by atoms with E-state index in [-0.39, 0.29) is 5.76 Å². The van der Waals surface area contributed by atoms with Gasteiger partial charge in [-0.05, 0) is 13.1 Å². The minimum atomic E-state index is -1.03. The first kappa shape index (κ1) is 7.81. The van der Waals surface area contributed by atoms with Gasteiger partial charge in [0.15, 0.2) is 0 Å². The maximum atomic E-state index is 10.4. The van der Waals surface area contributed by atoms with Crippen LogP contribution in [0.1, 0.15) is 16.1 Å². The molecule has 0 fully saturated rings. The quantitative estimate of drug-likeness (QED) is 0.674. The van der Waals surface area contributed by atoms with Crippen molar-refractivity contribution in [1.82, 2.24) is 5.32 Å². The average Bonchev–Trinajstić information content (AvgIpc) is 2.36. The summed E-state index contributed by atoms with van der Waals surface area (Å²) in [6, 6.07) is 1.64. The minimum Gasteiger partial charge on any atom is -0.475 e. The minimum absolute atomic E-state index is 0.0133. The zero-order chi connectivity index (χ0) is 8.27. The molecule has 0 bridgehead atoms. The van der Waals surface area contributed by atoms with Gasteiger partial charge in [-0.15, -0.1) is 0 Å². The zero-order valence-corrected chi connectivity index (χ0v) is 6.13. The van der Waals surface area contributed by atoms with Gasteiger partial charge in [-0.1, -0.05) is 0 Å². The molecule has 0 aliphatic carbocycles. The van der Waals surface area contributed by atoms with E-state index in [0.29, 0.717) is 12.1 Å². The van der Waals surface area contributed by atoms with Gasteiger partial charge in [-0.2, -0.15) is 0 Å². The lowest BCUT2D eigenvalue weighted by Gasteiger charge is -1.95. The molecule has 1 aromatic rings. The molecule has 0 saturated carbocycles. The summed E-state index contributed by atoms with van der Waals surface area (Å²) in [5.74, 6) is -1.01. The molecule has 4 heteroatoms. The molecule has 0 amide bonds. The Morgan fingerprint density at radius 2 is 2.55 bits per heavy atom. The van der Waals surface area contributed by atoms with Crippen LogP contribution in [0.5, 0.6) is 0 Å². The number of carboxylic acid groups (broad SMARTS) is 1. The average molecular weight is 155 g/mol. The van der Waals surface area contributed by atoms with Gasteiger partial charge in [-0.25, -0.2) is 4.79 Å². The molecule has 0 unspecified atom stereocenters. The molecule has 0 aliphatic rings. The number of rotatable bonds is 3. The Labute approximate surface area is 63.8 Å². The van der Waals surface area contributed by atoms with Crippen LogP contribution in [0.15, 0.2) is 16.7 Å². The molecule has 1 aromatic heterocycles. The second kappa shape index (κ2) is 3.21. The van der Waals surface area contributed by atoms with E-state index in [1.807, 2.05) is 0 Å². The van der Waals surface area contributed by atoms with Crippen molar-refractivity contribution >= 4 is 5.97 Å². The molecule has 1 rings (SSSR count). The summed E-state index contributed by atoms with van der Waals surface area (Å²) >= 11 is 0. The summed E-state index contributed by atoms with van der Waals surface area (Å²) in [6.07, 6.45) is 1.37. The van der Waals surface area contributed by atoms with Crippen molar-refractivity contribution < 1.29 is 14.3 Å². The van der Waals surface area contributed by atoms with Crippen LogP contribution in [-0.4, -0.2) is 18.1 Å². The highest BCUT2D eigenvalue weighted by Crippen LogP contribution is 2.09. The summed E-state index contributed by atoms with van der Waals surface area (Å²) in [4.78, 5) is 10.4. The van der Waals surface area contributed by atoms with Gasteiger partial charge in [0.2, 0.25) is 5.76 Å². The van der Waals surface area contributed by atoms with Crippen LogP contribution in [0.25, 0.3) is 0 Å². The maximum Gasteiger partial charge on any atom is 0.372 e. The third-order valence-electron chi connectivity index (χ3n) is 1.31. The molecule has 60 valence electrons. The van der Waals surface area contributed by atoms with Crippen molar-refractivity contribution in [3.63, 3.8) is 0 Å². The highest BCUT2D eigenvalue weighted by molar-refractivity contribution is 5.86. The molecule has 0 spiro atoms. The third-order valence-corrected chi connectivity index (χ3v) is 1.31. The molecule has 11 heavy (non-hydrogen) atoms. The molecule has 0 atom stereocenters. The van der Waals surface area contributed by atoms with E-state index in [1.165, 1.54) is 6.26 Å². The highest BCUT2D eigenvalue weighted by Gasteiger charge is 2.11. The van der Waals surface area contributed by atoms with Gasteiger partial charge >= 0.3 is 5.97 Å². The topological polar surface area (TPSA) is 62.5 Å². The Morgan fingerprint density at radius 3 is 3.09 bits per heavy atom. The second-order valence-corrected chi connectivity index (χ2v) is 2.11. The molecule has 4 nitrogen and oxygen atoms in total. The van der Waals surface area contributed by atoms with Crippen LogP contribution >= 0.6 is 0 Å². The maximum absolute atomic E-state index is 10.4. The number of hydrogen-bond acceptors (Lipinski definition) is 3. The molecule has 0 aliphatic heterocycles. The monoisotopic (exact) mass is 155 g/mol. The SMILES string of the molecule is CNCc1ccoc1C(=O)O. The van der Waals surface area contributed by atoms with E-state index < -0.39 is 5.97 Å². The first-order valence-corrected chi connectivity index (χ1v) is 3.20. The molecular weight excluding hydrogens is 146 g/mol. The fourth-order valence-electron chi connectivity index (χ4n) is 0.853. The number of aromatic carboxylic acids is 1. The number of carboxylic acids is 1. The van der Waals surface area contributed by atoms with Crippen LogP contribution in [0.2, 0.25) is 0 Å². The van der Waals surface area contributed by atoms with Crippen molar-refractivity contribution in [3.05, 3.63) is 23.7 Å². The number of carbonyl (C=O) groups is 1. The van der Waals surface area contributed by atoms with Gasteiger partial charge < -0.3 is 14.8 Å². The summed E-state index contributed by atoms with van der Waals surface area (Å²) < 4.78 is 4.74. The Bertz CT molecular complexity index is 254. The smallest absolute Gasteiger partial charge is 0.372 e. The molecule has 0 radical (unpaired) electrons. The third kappa shape index (κ3) is 1.59. The predicted molar refractivity (Wildman–Crippen MR) is 38.4 cm³/mol. The van der Waals surface area contributed by atoms with Crippen molar-refractivity contribution in [1.29, 1.82) is 0 Å². The van der Waals surface area contributed by atoms with E-state index in [1.54, 1.807) is 13.1 Å². The van der Waals surface area contributed by atoms with E-state index in [0.717, 1.165) is 0 Å². The van der Waals surface area contributed by atoms with Gasteiger partial charge in [0.1, 0.15) is 0 Å². The predicted octanol–water partition coefficient (Wildman–Crippen LogP) is 0.697. The zero-order valence-electron chi connectivity index (χ0n) is 6.13. The number of furan rings is 1. The van der Waals surface area contributed by atoms with Crippen LogP contribution in [0, 0.1) is 0 Å². The van der Waals surface area contributed by atoms with E-state index in [9.17, 15) is 4.79 Å². The lowest BCUT2D eigenvalue weighted by Crippen LogP contribution is -2.08. The normalized spacial score (nSPS) is 9.91. The first-order valence-electron chi connectivity index (χ1n) is 3.20. The number of nitrogens with one attached hydrogen (secondary N) is 1. The van der Waals surface area contributed by atoms with Crippen molar-refractivity contribution in [3.8, 4) is 0 Å². The first-order chi connectivity index (χ1) is 5.25. The summed E-state index contributed by atoms with van der Waals surface area (Å²) in [6.45, 7) is 0.512. The lowest BCUT2D eigenvalue weighted by molar-refractivity contribution is 0.0660. The second-order valence-electron chi connectivity index (χ2n) is 2.11. The van der Waals surface area contributed by atoms with Gasteiger partial charge in [-0.3, -0.25) is 0 Å². The van der Waals surface area contributed by atoms with Crippen molar-refractivity contribution in [2.75, 3.05) is 7.05 Å². The molecular formula is C7H9NO3. The fourth-order valence-corrected chi connectivity index (χ4v) is 0.853. The van der Waals surface area contributed by atoms with Crippen molar-refractivity contribution in [2.45, 2.75) is 6.54 Å². The van der Waals surface area contributed by atoms with Crippen LogP contribution in [-0.2, 0) is 6.54 Å². The number of hydrogen-bond donors (Lipinski definition) is 2. The lowest BCUT2D eigenvalue weighted by atomic mass is 10.2. The highest BCUT2D eigenvalue weighted by atomic mass is 16.4.